The SMILES string of the molecule is COc1ccc(CCC2=N/C(=C/c3cccc(C)c3)C(=O)O2)cc1. The van der Waals surface area contributed by atoms with Gasteiger partial charge < -0.3 is 9.47 Å². The van der Waals surface area contributed by atoms with E-state index in [4.69, 9.17) is 9.47 Å². The van der Waals surface area contributed by atoms with E-state index in [1.54, 1.807) is 13.2 Å². The highest BCUT2D eigenvalue weighted by Gasteiger charge is 2.22. The van der Waals surface area contributed by atoms with Crippen LogP contribution in [0, 0.1) is 6.92 Å². The van der Waals surface area contributed by atoms with Gasteiger partial charge in [-0.1, -0.05) is 42.0 Å². The number of carbonyl (C=O) groups is 1. The first-order chi connectivity index (χ1) is 11.6. The first kappa shape index (κ1) is 16.0. The highest BCUT2D eigenvalue weighted by Crippen LogP contribution is 2.19. The summed E-state index contributed by atoms with van der Waals surface area (Å²) in [5.74, 6) is 0.905. The summed E-state index contributed by atoms with van der Waals surface area (Å²) in [4.78, 5) is 16.3. The first-order valence-corrected chi connectivity index (χ1v) is 7.85. The number of esters is 1. The molecule has 0 amide bonds. The molecule has 2 aromatic carbocycles. The number of ether oxygens (including phenoxy) is 2. The molecule has 0 bridgehead atoms. The van der Waals surface area contributed by atoms with Crippen LogP contribution in [0.2, 0.25) is 0 Å². The van der Waals surface area contributed by atoms with Crippen molar-refractivity contribution >= 4 is 17.9 Å². The van der Waals surface area contributed by atoms with Gasteiger partial charge in [0.05, 0.1) is 7.11 Å². The fraction of sp³-hybridized carbons (Fsp3) is 0.200. The standard InChI is InChI=1S/C20H19NO3/c1-14-4-3-5-16(12-14)13-18-20(22)24-19(21-18)11-8-15-6-9-17(23-2)10-7-15/h3-7,9-10,12-13H,8,11H2,1-2H3/b18-13+. The number of cyclic esters (lactones) is 1. The van der Waals surface area contributed by atoms with Crippen LogP contribution in [0.5, 0.6) is 5.75 Å². The zero-order valence-electron chi connectivity index (χ0n) is 13.8. The Kier molecular flexibility index (Phi) is 4.75. The third kappa shape index (κ3) is 3.90. The number of nitrogens with zero attached hydrogens (tertiary/aromatic N) is 1. The molecule has 0 saturated carbocycles. The largest absolute Gasteiger partial charge is 0.497 e. The molecule has 2 aromatic rings. The summed E-state index contributed by atoms with van der Waals surface area (Å²) >= 11 is 0. The molecule has 0 aromatic heterocycles. The molecule has 1 heterocycles. The summed E-state index contributed by atoms with van der Waals surface area (Å²) in [5.41, 5.74) is 3.58. The van der Waals surface area contributed by atoms with Gasteiger partial charge >= 0.3 is 5.97 Å². The zero-order chi connectivity index (χ0) is 16.9. The van der Waals surface area contributed by atoms with Gasteiger partial charge in [0.25, 0.3) is 0 Å². The van der Waals surface area contributed by atoms with Gasteiger partial charge in [0.15, 0.2) is 11.6 Å². The van der Waals surface area contributed by atoms with Crippen LogP contribution < -0.4 is 4.74 Å². The van der Waals surface area contributed by atoms with Crippen LogP contribution in [0.15, 0.2) is 59.2 Å². The molecule has 0 saturated heterocycles. The van der Waals surface area contributed by atoms with Crippen molar-refractivity contribution in [2.75, 3.05) is 7.11 Å². The minimum absolute atomic E-state index is 0.352. The van der Waals surface area contributed by atoms with Crippen molar-refractivity contribution in [1.29, 1.82) is 0 Å². The Balaban J connectivity index is 1.67. The van der Waals surface area contributed by atoms with Crippen molar-refractivity contribution < 1.29 is 14.3 Å². The average Bonchev–Trinajstić information content (AvgIpc) is 2.93. The van der Waals surface area contributed by atoms with E-state index in [-0.39, 0.29) is 5.97 Å². The Hall–Kier alpha value is -2.88. The van der Waals surface area contributed by atoms with Crippen LogP contribution in [-0.4, -0.2) is 19.0 Å². The third-order valence-electron chi connectivity index (χ3n) is 3.80. The van der Waals surface area contributed by atoms with Gasteiger partial charge in [-0.2, -0.15) is 0 Å². The van der Waals surface area contributed by atoms with Gasteiger partial charge in [-0.3, -0.25) is 0 Å². The number of rotatable bonds is 5. The maximum Gasteiger partial charge on any atom is 0.363 e. The van der Waals surface area contributed by atoms with E-state index in [1.807, 2.05) is 55.5 Å². The van der Waals surface area contributed by atoms with Gasteiger partial charge in [0.1, 0.15) is 5.75 Å². The van der Waals surface area contributed by atoms with Crippen LogP contribution in [0.25, 0.3) is 6.08 Å². The van der Waals surface area contributed by atoms with E-state index in [0.717, 1.165) is 28.9 Å². The second-order valence-corrected chi connectivity index (χ2v) is 5.69. The summed E-state index contributed by atoms with van der Waals surface area (Å²) in [6.07, 6.45) is 3.10. The molecule has 1 aliphatic rings. The van der Waals surface area contributed by atoms with Crippen LogP contribution in [0.1, 0.15) is 23.1 Å². The Morgan fingerprint density at radius 2 is 1.92 bits per heavy atom. The number of hydrogen-bond acceptors (Lipinski definition) is 4. The molecule has 0 radical (unpaired) electrons. The van der Waals surface area contributed by atoms with Gasteiger partial charge in [-0.05, 0) is 42.7 Å². The maximum atomic E-state index is 11.9. The highest BCUT2D eigenvalue weighted by atomic mass is 16.6. The second-order valence-electron chi connectivity index (χ2n) is 5.69. The molecule has 0 N–H and O–H groups in total. The first-order valence-electron chi connectivity index (χ1n) is 7.85. The van der Waals surface area contributed by atoms with Crippen molar-refractivity contribution in [3.63, 3.8) is 0 Å². The van der Waals surface area contributed by atoms with E-state index >= 15 is 0 Å². The van der Waals surface area contributed by atoms with Crippen LogP contribution >= 0.6 is 0 Å². The smallest absolute Gasteiger partial charge is 0.363 e. The Labute approximate surface area is 141 Å². The second kappa shape index (κ2) is 7.13. The van der Waals surface area contributed by atoms with Gasteiger partial charge in [-0.25, -0.2) is 9.79 Å². The molecule has 4 nitrogen and oxygen atoms in total. The Morgan fingerprint density at radius 3 is 2.62 bits per heavy atom. The quantitative estimate of drug-likeness (QED) is 0.619. The van der Waals surface area contributed by atoms with Crippen molar-refractivity contribution in [3.8, 4) is 5.75 Å². The number of aliphatic imine (C=N–C) groups is 1. The average molecular weight is 321 g/mol. The number of aryl methyl sites for hydroxylation is 2. The molecule has 4 heteroatoms. The molecular weight excluding hydrogens is 302 g/mol. The maximum absolute atomic E-state index is 11.9. The Morgan fingerprint density at radius 1 is 1.12 bits per heavy atom. The molecule has 0 unspecified atom stereocenters. The summed E-state index contributed by atoms with van der Waals surface area (Å²) < 4.78 is 10.4. The minimum Gasteiger partial charge on any atom is -0.497 e. The Bertz CT molecular complexity index is 804. The fourth-order valence-electron chi connectivity index (χ4n) is 2.52. The lowest BCUT2D eigenvalue weighted by atomic mass is 10.1. The van der Waals surface area contributed by atoms with Crippen molar-refractivity contribution in [1.82, 2.24) is 0 Å². The number of benzene rings is 2. The number of carbonyl (C=O) groups excluding carboxylic acids is 1. The van der Waals surface area contributed by atoms with Crippen molar-refractivity contribution in [2.45, 2.75) is 19.8 Å². The molecule has 0 atom stereocenters. The van der Waals surface area contributed by atoms with Gasteiger partial charge in [0, 0.05) is 6.42 Å². The fourth-order valence-corrected chi connectivity index (χ4v) is 2.52. The summed E-state index contributed by atoms with van der Waals surface area (Å²) in [7, 11) is 1.64. The van der Waals surface area contributed by atoms with Crippen LogP contribution in [-0.2, 0) is 16.0 Å². The van der Waals surface area contributed by atoms with Crippen molar-refractivity contribution in [2.24, 2.45) is 4.99 Å². The molecule has 122 valence electrons. The summed E-state index contributed by atoms with van der Waals surface area (Å²) in [6.45, 7) is 2.01. The molecule has 1 aliphatic heterocycles. The monoisotopic (exact) mass is 321 g/mol. The lowest BCUT2D eigenvalue weighted by Gasteiger charge is -2.03. The lowest BCUT2D eigenvalue weighted by molar-refractivity contribution is -0.130. The summed E-state index contributed by atoms with van der Waals surface area (Å²) in [5, 5.41) is 0. The van der Waals surface area contributed by atoms with E-state index in [2.05, 4.69) is 4.99 Å². The normalized spacial score (nSPS) is 15.3. The highest BCUT2D eigenvalue weighted by molar-refractivity contribution is 6.07. The lowest BCUT2D eigenvalue weighted by Crippen LogP contribution is -2.05. The molecule has 24 heavy (non-hydrogen) atoms. The number of methoxy groups -OCH3 is 1. The van der Waals surface area contributed by atoms with Gasteiger partial charge in [-0.15, -0.1) is 0 Å². The van der Waals surface area contributed by atoms with E-state index in [0.29, 0.717) is 18.0 Å². The molecular formula is C20H19NO3. The predicted octanol–water partition coefficient (Wildman–Crippen LogP) is 3.93. The predicted molar refractivity (Wildman–Crippen MR) is 94.0 cm³/mol. The molecule has 3 rings (SSSR count). The third-order valence-corrected chi connectivity index (χ3v) is 3.80. The van der Waals surface area contributed by atoms with Crippen LogP contribution in [0.4, 0.5) is 0 Å². The van der Waals surface area contributed by atoms with Gasteiger partial charge in [0.2, 0.25) is 0 Å². The van der Waals surface area contributed by atoms with Crippen LogP contribution in [0.3, 0.4) is 0 Å². The number of hydrogen-bond donors (Lipinski definition) is 0. The van der Waals surface area contributed by atoms with E-state index in [9.17, 15) is 4.79 Å². The molecule has 0 spiro atoms. The van der Waals surface area contributed by atoms with E-state index in [1.165, 1.54) is 0 Å². The minimum atomic E-state index is -0.388. The topological polar surface area (TPSA) is 47.9 Å². The summed E-state index contributed by atoms with van der Waals surface area (Å²) in [6, 6.07) is 15.7. The molecule has 0 fully saturated rings. The van der Waals surface area contributed by atoms with E-state index < -0.39 is 0 Å². The zero-order valence-corrected chi connectivity index (χ0v) is 13.8. The van der Waals surface area contributed by atoms with Crippen molar-refractivity contribution in [3.05, 3.63) is 70.9 Å². The molecule has 0 aliphatic carbocycles.